The van der Waals surface area contributed by atoms with Gasteiger partial charge in [0, 0.05) is 30.8 Å². The molecule has 3 aromatic heterocycles. The normalized spacial score (nSPS) is 16.8. The molecule has 3 aromatic rings. The van der Waals surface area contributed by atoms with Crippen molar-refractivity contribution in [3.8, 4) is 10.8 Å². The molecular formula is C15H16N6O2S. The summed E-state index contributed by atoms with van der Waals surface area (Å²) in [6, 6.07) is 2.07. The van der Waals surface area contributed by atoms with Gasteiger partial charge in [0.15, 0.2) is 0 Å². The highest BCUT2D eigenvalue weighted by molar-refractivity contribution is 7.15. The molecule has 9 heteroatoms. The molecule has 124 valence electrons. The fourth-order valence-electron chi connectivity index (χ4n) is 2.89. The molecule has 0 saturated carbocycles. The van der Waals surface area contributed by atoms with E-state index in [0.717, 1.165) is 34.2 Å². The molecule has 24 heavy (non-hydrogen) atoms. The topological polar surface area (TPSA) is 98.7 Å². The molecule has 1 amide bonds. The first-order chi connectivity index (χ1) is 11.6. The van der Waals surface area contributed by atoms with E-state index < -0.39 is 0 Å². The third-order valence-electron chi connectivity index (χ3n) is 4.07. The van der Waals surface area contributed by atoms with Crippen LogP contribution in [-0.2, 0) is 17.8 Å². The molecule has 1 aliphatic rings. The van der Waals surface area contributed by atoms with Crippen molar-refractivity contribution in [2.45, 2.75) is 33.2 Å². The summed E-state index contributed by atoms with van der Waals surface area (Å²) in [5, 5.41) is 15.8. The van der Waals surface area contributed by atoms with Crippen molar-refractivity contribution in [1.82, 2.24) is 25.0 Å². The van der Waals surface area contributed by atoms with Gasteiger partial charge >= 0.3 is 6.01 Å². The lowest BCUT2D eigenvalue weighted by atomic mass is 9.95. The van der Waals surface area contributed by atoms with Crippen LogP contribution < -0.4 is 5.32 Å². The van der Waals surface area contributed by atoms with Gasteiger partial charge in [0.25, 0.3) is 5.89 Å². The number of aromatic nitrogens is 5. The summed E-state index contributed by atoms with van der Waals surface area (Å²) in [5.74, 6) is 0.168. The Bertz CT molecular complexity index is 896. The van der Waals surface area contributed by atoms with E-state index in [1.54, 1.807) is 6.20 Å². The molecule has 0 aliphatic carbocycles. The summed E-state index contributed by atoms with van der Waals surface area (Å²) in [6.07, 6.45) is 3.17. The number of nitrogens with zero attached hydrogens (tertiary/aromatic N) is 5. The Morgan fingerprint density at radius 2 is 2.29 bits per heavy atom. The predicted octanol–water partition coefficient (Wildman–Crippen LogP) is 2.21. The Labute approximate surface area is 141 Å². The molecule has 1 N–H and O–H groups in total. The van der Waals surface area contributed by atoms with Gasteiger partial charge in [-0.2, -0.15) is 5.10 Å². The second-order valence-electron chi connectivity index (χ2n) is 5.78. The minimum atomic E-state index is -0.114. The zero-order valence-electron chi connectivity index (χ0n) is 13.3. The van der Waals surface area contributed by atoms with Crippen LogP contribution in [0.15, 0.2) is 16.7 Å². The van der Waals surface area contributed by atoms with E-state index in [1.807, 2.05) is 24.6 Å². The highest BCUT2D eigenvalue weighted by Crippen LogP contribution is 2.29. The lowest BCUT2D eigenvalue weighted by Gasteiger charge is -2.21. The summed E-state index contributed by atoms with van der Waals surface area (Å²) >= 11 is 1.49. The number of thiazole rings is 1. The molecule has 1 aliphatic heterocycles. The number of anilines is 1. The maximum Gasteiger partial charge on any atom is 0.322 e. The van der Waals surface area contributed by atoms with E-state index in [9.17, 15) is 4.79 Å². The minimum Gasteiger partial charge on any atom is -0.402 e. The fraction of sp³-hybridized carbons (Fsp3) is 0.400. The van der Waals surface area contributed by atoms with Crippen LogP contribution in [0.2, 0.25) is 0 Å². The van der Waals surface area contributed by atoms with Crippen molar-refractivity contribution in [2.75, 3.05) is 5.32 Å². The van der Waals surface area contributed by atoms with Crippen molar-refractivity contribution in [1.29, 1.82) is 0 Å². The third kappa shape index (κ3) is 2.71. The monoisotopic (exact) mass is 344 g/mol. The molecule has 0 aromatic carbocycles. The highest BCUT2D eigenvalue weighted by Gasteiger charge is 2.26. The SMILES string of the molecule is Cc1nc(C)c(-c2nnc(NC(=O)C3CCn4nccc4C3)o2)s1. The van der Waals surface area contributed by atoms with Crippen LogP contribution in [0.4, 0.5) is 6.01 Å². The first kappa shape index (κ1) is 15.0. The van der Waals surface area contributed by atoms with E-state index in [2.05, 4.69) is 25.6 Å². The summed E-state index contributed by atoms with van der Waals surface area (Å²) < 4.78 is 7.51. The molecular weight excluding hydrogens is 328 g/mol. The summed E-state index contributed by atoms with van der Waals surface area (Å²) in [5.41, 5.74) is 1.92. The number of fused-ring (bicyclic) bond motifs is 1. The van der Waals surface area contributed by atoms with Crippen molar-refractivity contribution in [2.24, 2.45) is 5.92 Å². The van der Waals surface area contributed by atoms with E-state index in [-0.39, 0.29) is 17.8 Å². The largest absolute Gasteiger partial charge is 0.402 e. The third-order valence-corrected chi connectivity index (χ3v) is 5.13. The lowest BCUT2D eigenvalue weighted by molar-refractivity contribution is -0.120. The Hall–Kier alpha value is -2.55. The molecule has 4 heterocycles. The van der Waals surface area contributed by atoms with Gasteiger partial charge in [-0.15, -0.1) is 16.4 Å². The Morgan fingerprint density at radius 3 is 3.08 bits per heavy atom. The van der Waals surface area contributed by atoms with Gasteiger partial charge in [-0.05, 0) is 26.3 Å². The number of rotatable bonds is 3. The number of amides is 1. The minimum absolute atomic E-state index is 0.102. The number of carbonyl (C=O) groups excluding carboxylic acids is 1. The van der Waals surface area contributed by atoms with Crippen LogP contribution in [0, 0.1) is 19.8 Å². The van der Waals surface area contributed by atoms with Gasteiger partial charge in [-0.25, -0.2) is 4.98 Å². The quantitative estimate of drug-likeness (QED) is 0.782. The van der Waals surface area contributed by atoms with E-state index in [1.165, 1.54) is 11.3 Å². The lowest BCUT2D eigenvalue weighted by Crippen LogP contribution is -2.30. The maximum absolute atomic E-state index is 12.4. The first-order valence-corrected chi connectivity index (χ1v) is 8.51. The van der Waals surface area contributed by atoms with E-state index in [4.69, 9.17) is 4.42 Å². The summed E-state index contributed by atoms with van der Waals surface area (Å²) in [4.78, 5) is 17.6. The smallest absolute Gasteiger partial charge is 0.322 e. The predicted molar refractivity (Wildman–Crippen MR) is 87.5 cm³/mol. The number of nitrogens with one attached hydrogen (secondary N) is 1. The fourth-order valence-corrected chi connectivity index (χ4v) is 3.74. The molecule has 0 spiro atoms. The van der Waals surface area contributed by atoms with Crippen LogP contribution in [0.25, 0.3) is 10.8 Å². The molecule has 1 unspecified atom stereocenters. The van der Waals surface area contributed by atoms with Gasteiger partial charge < -0.3 is 4.42 Å². The van der Waals surface area contributed by atoms with Gasteiger partial charge in [0.2, 0.25) is 5.91 Å². The van der Waals surface area contributed by atoms with Gasteiger partial charge in [0.05, 0.1) is 10.7 Å². The number of hydrogen-bond acceptors (Lipinski definition) is 7. The highest BCUT2D eigenvalue weighted by atomic mass is 32.1. The van der Waals surface area contributed by atoms with Gasteiger partial charge in [-0.3, -0.25) is 14.8 Å². The van der Waals surface area contributed by atoms with Gasteiger partial charge in [-0.1, -0.05) is 5.10 Å². The molecule has 0 radical (unpaired) electrons. The van der Waals surface area contributed by atoms with Crippen LogP contribution >= 0.6 is 11.3 Å². The summed E-state index contributed by atoms with van der Waals surface area (Å²) in [7, 11) is 0. The van der Waals surface area contributed by atoms with E-state index >= 15 is 0 Å². The molecule has 1 atom stereocenters. The average molecular weight is 344 g/mol. The van der Waals surface area contributed by atoms with Crippen molar-refractivity contribution >= 4 is 23.3 Å². The maximum atomic E-state index is 12.4. The van der Waals surface area contributed by atoms with Crippen LogP contribution in [0.5, 0.6) is 0 Å². The molecule has 0 bridgehead atoms. The molecule has 4 rings (SSSR count). The van der Waals surface area contributed by atoms with Crippen molar-refractivity contribution in [3.63, 3.8) is 0 Å². The molecule has 0 fully saturated rings. The molecule has 8 nitrogen and oxygen atoms in total. The Balaban J connectivity index is 1.46. The second kappa shape index (κ2) is 5.82. The zero-order chi connectivity index (χ0) is 16.7. The van der Waals surface area contributed by atoms with Gasteiger partial charge in [0.1, 0.15) is 4.88 Å². The number of carbonyl (C=O) groups is 1. The Kier molecular flexibility index (Phi) is 3.64. The first-order valence-electron chi connectivity index (χ1n) is 7.69. The summed E-state index contributed by atoms with van der Waals surface area (Å²) in [6.45, 7) is 4.56. The van der Waals surface area contributed by atoms with E-state index in [0.29, 0.717) is 12.3 Å². The zero-order valence-corrected chi connectivity index (χ0v) is 14.1. The van der Waals surface area contributed by atoms with Crippen molar-refractivity contribution < 1.29 is 9.21 Å². The van der Waals surface area contributed by atoms with Crippen LogP contribution in [0.1, 0.15) is 22.8 Å². The number of aryl methyl sites for hydroxylation is 3. The number of hydrogen-bond donors (Lipinski definition) is 1. The Morgan fingerprint density at radius 1 is 1.42 bits per heavy atom. The second-order valence-corrected chi connectivity index (χ2v) is 6.99. The van der Waals surface area contributed by atoms with Crippen molar-refractivity contribution in [3.05, 3.63) is 28.7 Å². The molecule has 0 saturated heterocycles. The average Bonchev–Trinajstić information content (AvgIpc) is 3.26. The van der Waals surface area contributed by atoms with Crippen LogP contribution in [-0.4, -0.2) is 30.9 Å². The van der Waals surface area contributed by atoms with Crippen LogP contribution in [0.3, 0.4) is 0 Å². The standard InChI is InChI=1S/C15H16N6O2S/c1-8-12(24-9(2)17-8)14-19-20-15(23-14)18-13(22)10-4-6-21-11(7-10)3-5-16-21/h3,5,10H,4,6-7H2,1-2H3,(H,18,20,22).